The third kappa shape index (κ3) is 3.12. The van der Waals surface area contributed by atoms with Gasteiger partial charge >= 0.3 is 0 Å². The molecule has 0 amide bonds. The second-order valence-corrected chi connectivity index (χ2v) is 4.74. The highest BCUT2D eigenvalue weighted by Gasteiger charge is 2.07. The Morgan fingerprint density at radius 3 is 2.06 bits per heavy atom. The molecule has 0 aliphatic carbocycles. The maximum Gasteiger partial charge on any atom is 0.193 e. The second kappa shape index (κ2) is 5.71. The molecule has 0 bridgehead atoms. The average molecular weight is 259 g/mol. The van der Waals surface area contributed by atoms with E-state index in [1.165, 1.54) is 0 Å². The van der Waals surface area contributed by atoms with E-state index in [9.17, 15) is 13.6 Å². The van der Waals surface area contributed by atoms with Gasteiger partial charge in [-0.2, -0.15) is 0 Å². The van der Waals surface area contributed by atoms with Crippen molar-refractivity contribution < 1.29 is 13.6 Å². The van der Waals surface area contributed by atoms with Gasteiger partial charge in [0, 0.05) is 16.9 Å². The SMILES string of the molecule is O=C(c1ccccc1)c1ccc(CS(=O)[O-])cc1. The molecule has 92 valence electrons. The van der Waals surface area contributed by atoms with Crippen LogP contribution in [0.5, 0.6) is 0 Å². The van der Waals surface area contributed by atoms with E-state index in [4.69, 9.17) is 0 Å². The quantitative estimate of drug-likeness (QED) is 0.625. The lowest BCUT2D eigenvalue weighted by molar-refractivity contribution is 0.103. The van der Waals surface area contributed by atoms with Gasteiger partial charge in [0.05, 0.1) is 0 Å². The van der Waals surface area contributed by atoms with Crippen LogP contribution in [0.2, 0.25) is 0 Å². The zero-order valence-corrected chi connectivity index (χ0v) is 10.4. The van der Waals surface area contributed by atoms with Crippen molar-refractivity contribution in [1.29, 1.82) is 0 Å². The monoisotopic (exact) mass is 259 g/mol. The fraction of sp³-hybridized carbons (Fsp3) is 0.0714. The summed E-state index contributed by atoms with van der Waals surface area (Å²) in [7, 11) is 0. The van der Waals surface area contributed by atoms with Gasteiger partial charge in [-0.3, -0.25) is 9.00 Å². The maximum atomic E-state index is 12.1. The molecule has 3 nitrogen and oxygen atoms in total. The van der Waals surface area contributed by atoms with Crippen molar-refractivity contribution in [1.82, 2.24) is 0 Å². The summed E-state index contributed by atoms with van der Waals surface area (Å²) in [6.45, 7) is 0. The van der Waals surface area contributed by atoms with Crippen molar-refractivity contribution >= 4 is 16.9 Å². The predicted molar refractivity (Wildman–Crippen MR) is 68.9 cm³/mol. The zero-order chi connectivity index (χ0) is 13.0. The topological polar surface area (TPSA) is 57.2 Å². The Kier molecular flexibility index (Phi) is 4.02. The van der Waals surface area contributed by atoms with Crippen LogP contribution in [0.25, 0.3) is 0 Å². The second-order valence-electron chi connectivity index (χ2n) is 3.84. The fourth-order valence-electron chi connectivity index (χ4n) is 1.64. The molecule has 18 heavy (non-hydrogen) atoms. The molecule has 2 rings (SSSR count). The molecule has 0 aromatic heterocycles. The Labute approximate surface area is 108 Å². The predicted octanol–water partition coefficient (Wildman–Crippen LogP) is 2.30. The standard InChI is InChI=1S/C14H12O3S/c15-14(12-4-2-1-3-5-12)13-8-6-11(7-9-13)10-18(16)17/h1-9H,10H2,(H,16,17)/p-1. The van der Waals surface area contributed by atoms with Crippen LogP contribution < -0.4 is 0 Å². The van der Waals surface area contributed by atoms with Crippen LogP contribution in [0.3, 0.4) is 0 Å². The molecule has 0 radical (unpaired) electrons. The summed E-state index contributed by atoms with van der Waals surface area (Å²) in [4.78, 5) is 12.1. The minimum Gasteiger partial charge on any atom is -0.772 e. The van der Waals surface area contributed by atoms with Gasteiger partial charge in [-0.15, -0.1) is 0 Å². The number of carbonyl (C=O) groups excluding carboxylic acids is 1. The molecule has 0 heterocycles. The summed E-state index contributed by atoms with van der Waals surface area (Å²) in [6, 6.07) is 15.6. The van der Waals surface area contributed by atoms with Crippen molar-refractivity contribution in [3.63, 3.8) is 0 Å². The molecule has 0 aliphatic heterocycles. The highest BCUT2D eigenvalue weighted by atomic mass is 32.2. The Balaban J connectivity index is 2.20. The number of rotatable bonds is 4. The molecule has 2 aromatic carbocycles. The smallest absolute Gasteiger partial charge is 0.193 e. The van der Waals surface area contributed by atoms with Crippen molar-refractivity contribution in [3.8, 4) is 0 Å². The summed E-state index contributed by atoms with van der Waals surface area (Å²) >= 11 is -2.10. The van der Waals surface area contributed by atoms with Crippen LogP contribution in [0.1, 0.15) is 21.5 Å². The van der Waals surface area contributed by atoms with Gasteiger partial charge in [0.25, 0.3) is 0 Å². The lowest BCUT2D eigenvalue weighted by Crippen LogP contribution is -2.01. The molecule has 0 saturated carbocycles. The number of hydrogen-bond donors (Lipinski definition) is 0. The van der Waals surface area contributed by atoms with Crippen LogP contribution in [0.15, 0.2) is 54.6 Å². The highest BCUT2D eigenvalue weighted by molar-refractivity contribution is 7.78. The highest BCUT2D eigenvalue weighted by Crippen LogP contribution is 2.11. The van der Waals surface area contributed by atoms with Crippen LogP contribution in [-0.4, -0.2) is 14.5 Å². The molecular formula is C14H11O3S-. The van der Waals surface area contributed by atoms with Crippen LogP contribution in [-0.2, 0) is 16.8 Å². The molecule has 0 N–H and O–H groups in total. The minimum atomic E-state index is -2.10. The molecule has 0 aliphatic rings. The first kappa shape index (κ1) is 12.7. The molecule has 1 atom stereocenters. The van der Waals surface area contributed by atoms with E-state index < -0.39 is 11.1 Å². The zero-order valence-electron chi connectivity index (χ0n) is 9.54. The molecule has 0 fully saturated rings. The normalized spacial score (nSPS) is 12.1. The van der Waals surface area contributed by atoms with Crippen LogP contribution in [0, 0.1) is 0 Å². The molecule has 4 heteroatoms. The minimum absolute atomic E-state index is 0.0280. The van der Waals surface area contributed by atoms with Crippen molar-refractivity contribution in [2.75, 3.05) is 0 Å². The Hall–Kier alpha value is -1.78. The van der Waals surface area contributed by atoms with Crippen LogP contribution in [0.4, 0.5) is 0 Å². The van der Waals surface area contributed by atoms with E-state index in [2.05, 4.69) is 0 Å². The fourth-order valence-corrected chi connectivity index (χ4v) is 2.11. The Bertz CT molecular complexity index is 561. The summed E-state index contributed by atoms with van der Waals surface area (Å²) in [5, 5.41) is 0. The van der Waals surface area contributed by atoms with Gasteiger partial charge in [0.2, 0.25) is 0 Å². The van der Waals surface area contributed by atoms with E-state index in [-0.39, 0.29) is 11.5 Å². The van der Waals surface area contributed by atoms with Gasteiger partial charge < -0.3 is 4.55 Å². The number of benzene rings is 2. The van der Waals surface area contributed by atoms with E-state index in [1.807, 2.05) is 18.2 Å². The summed E-state index contributed by atoms with van der Waals surface area (Å²) in [6.07, 6.45) is 0. The van der Waals surface area contributed by atoms with Crippen molar-refractivity contribution in [2.24, 2.45) is 0 Å². The van der Waals surface area contributed by atoms with Gasteiger partial charge in [0.1, 0.15) is 0 Å². The van der Waals surface area contributed by atoms with E-state index in [0.717, 1.165) is 0 Å². The number of carbonyl (C=O) groups is 1. The molecular weight excluding hydrogens is 248 g/mol. The van der Waals surface area contributed by atoms with Crippen molar-refractivity contribution in [2.45, 2.75) is 5.75 Å². The molecule has 0 spiro atoms. The first-order valence-electron chi connectivity index (χ1n) is 5.41. The summed E-state index contributed by atoms with van der Waals surface area (Å²) < 4.78 is 21.1. The van der Waals surface area contributed by atoms with E-state index in [1.54, 1.807) is 36.4 Å². The first-order chi connectivity index (χ1) is 8.66. The molecule has 2 aromatic rings. The lowest BCUT2D eigenvalue weighted by Gasteiger charge is -2.06. The Morgan fingerprint density at radius 2 is 1.50 bits per heavy atom. The third-order valence-electron chi connectivity index (χ3n) is 2.54. The summed E-state index contributed by atoms with van der Waals surface area (Å²) in [5.74, 6) is -0.0924. The molecule has 1 unspecified atom stereocenters. The third-order valence-corrected chi connectivity index (χ3v) is 3.11. The summed E-state index contributed by atoms with van der Waals surface area (Å²) in [5.41, 5.74) is 1.85. The molecule has 0 saturated heterocycles. The van der Waals surface area contributed by atoms with Crippen LogP contribution >= 0.6 is 0 Å². The number of ketones is 1. The van der Waals surface area contributed by atoms with E-state index >= 15 is 0 Å². The van der Waals surface area contributed by atoms with E-state index in [0.29, 0.717) is 16.7 Å². The van der Waals surface area contributed by atoms with Gasteiger partial charge in [-0.25, -0.2) is 0 Å². The Morgan fingerprint density at radius 1 is 0.944 bits per heavy atom. The first-order valence-corrected chi connectivity index (χ1v) is 6.66. The van der Waals surface area contributed by atoms with Gasteiger partial charge in [-0.05, 0) is 5.56 Å². The van der Waals surface area contributed by atoms with Crippen molar-refractivity contribution in [3.05, 3.63) is 71.3 Å². The van der Waals surface area contributed by atoms with Gasteiger partial charge in [-0.1, -0.05) is 65.7 Å². The number of hydrogen-bond acceptors (Lipinski definition) is 3. The largest absolute Gasteiger partial charge is 0.772 e. The lowest BCUT2D eigenvalue weighted by atomic mass is 10.0. The maximum absolute atomic E-state index is 12.1. The van der Waals surface area contributed by atoms with Gasteiger partial charge in [0.15, 0.2) is 5.78 Å². The average Bonchev–Trinajstić information content (AvgIpc) is 2.39.